The van der Waals surface area contributed by atoms with Crippen LogP contribution in [0.4, 0.5) is 0 Å². The molecular weight excluding hydrogens is 479 g/mol. The van der Waals surface area contributed by atoms with Crippen molar-refractivity contribution in [2.45, 2.75) is 11.8 Å². The molecule has 27 heavy (non-hydrogen) atoms. The lowest BCUT2D eigenvalue weighted by Gasteiger charge is -2.10. The van der Waals surface area contributed by atoms with Crippen molar-refractivity contribution in [2.75, 3.05) is 0 Å². The highest BCUT2D eigenvalue weighted by Gasteiger charge is 2.26. The van der Waals surface area contributed by atoms with E-state index in [0.717, 1.165) is 9.54 Å². The number of carbonyl (C=O) groups excluding carboxylic acids is 2. The highest BCUT2D eigenvalue weighted by molar-refractivity contribution is 9.10. The van der Waals surface area contributed by atoms with Crippen molar-refractivity contribution in [3.8, 4) is 5.69 Å². The summed E-state index contributed by atoms with van der Waals surface area (Å²) in [6, 6.07) is 7.58. The molecule has 0 bridgehead atoms. The molecule has 0 aliphatic rings. The third-order valence-corrected chi connectivity index (χ3v) is 7.50. The fraction of sp³-hybridized carbons (Fsp3) is 0.0588. The van der Waals surface area contributed by atoms with Crippen LogP contribution in [0.1, 0.15) is 26.5 Å². The van der Waals surface area contributed by atoms with Crippen LogP contribution in [0.2, 0.25) is 10.2 Å². The van der Waals surface area contributed by atoms with Crippen LogP contribution in [0.3, 0.4) is 0 Å². The van der Waals surface area contributed by atoms with Gasteiger partial charge in [-0.2, -0.15) is 0 Å². The quantitative estimate of drug-likeness (QED) is 0.493. The molecule has 0 aliphatic carbocycles. The van der Waals surface area contributed by atoms with Crippen LogP contribution < -0.4 is 0 Å². The summed E-state index contributed by atoms with van der Waals surface area (Å²) in [5, 5.41) is 0.0454. The van der Waals surface area contributed by atoms with Gasteiger partial charge >= 0.3 is 0 Å². The minimum Gasteiger partial charge on any atom is -0.296 e. The number of carbonyl (C=O) groups is 2. The van der Waals surface area contributed by atoms with Gasteiger partial charge in [0.25, 0.3) is 10.0 Å². The average Bonchev–Trinajstić information content (AvgIpc) is 3.16. The molecule has 0 fully saturated rings. The Morgan fingerprint density at radius 2 is 1.59 bits per heavy atom. The van der Waals surface area contributed by atoms with Crippen LogP contribution in [0.15, 0.2) is 45.9 Å². The smallest absolute Gasteiger partial charge is 0.268 e. The van der Waals surface area contributed by atoms with E-state index in [1.165, 1.54) is 29.0 Å². The first kappa shape index (κ1) is 19.9. The summed E-state index contributed by atoms with van der Waals surface area (Å²) in [4.78, 5) is 23.2. The SMILES string of the molecule is Cc1ccc(S(=O)(=O)n2ccc(-n3c(Cl)c(Cl)c(Br)c3C=O)c2C=O)cc1. The third-order valence-electron chi connectivity index (χ3n) is 3.95. The lowest BCUT2D eigenvalue weighted by molar-refractivity contribution is 0.110. The molecule has 0 spiro atoms. The number of rotatable bonds is 5. The van der Waals surface area contributed by atoms with Gasteiger partial charge < -0.3 is 0 Å². The van der Waals surface area contributed by atoms with Gasteiger partial charge in [0.05, 0.1) is 20.1 Å². The van der Waals surface area contributed by atoms with Crippen molar-refractivity contribution >= 4 is 61.7 Å². The molecule has 3 rings (SSSR count). The Morgan fingerprint density at radius 3 is 2.15 bits per heavy atom. The molecule has 0 unspecified atom stereocenters. The van der Waals surface area contributed by atoms with Gasteiger partial charge in [0.1, 0.15) is 16.5 Å². The van der Waals surface area contributed by atoms with Gasteiger partial charge in [0, 0.05) is 6.20 Å². The first-order chi connectivity index (χ1) is 12.7. The predicted octanol–water partition coefficient (Wildman–Crippen LogP) is 4.52. The zero-order valence-corrected chi connectivity index (χ0v) is 17.6. The molecule has 0 aliphatic heterocycles. The van der Waals surface area contributed by atoms with E-state index >= 15 is 0 Å². The largest absolute Gasteiger partial charge is 0.296 e. The fourth-order valence-corrected chi connectivity index (χ4v) is 4.95. The summed E-state index contributed by atoms with van der Waals surface area (Å²) in [5.74, 6) is 0. The van der Waals surface area contributed by atoms with Gasteiger partial charge in [-0.3, -0.25) is 14.2 Å². The number of nitrogens with zero attached hydrogens (tertiary/aromatic N) is 2. The molecule has 1 aromatic carbocycles. The third kappa shape index (κ3) is 3.16. The predicted molar refractivity (Wildman–Crippen MR) is 106 cm³/mol. The summed E-state index contributed by atoms with van der Waals surface area (Å²) in [5.41, 5.74) is 0.866. The molecule has 3 aromatic rings. The van der Waals surface area contributed by atoms with Crippen molar-refractivity contribution in [3.63, 3.8) is 0 Å². The maximum absolute atomic E-state index is 12.9. The second kappa shape index (κ2) is 7.27. The van der Waals surface area contributed by atoms with Gasteiger partial charge in [-0.1, -0.05) is 40.9 Å². The maximum atomic E-state index is 12.9. The number of hydrogen-bond acceptors (Lipinski definition) is 4. The van der Waals surface area contributed by atoms with Crippen molar-refractivity contribution in [3.05, 3.63) is 68.1 Å². The first-order valence-electron chi connectivity index (χ1n) is 7.43. The van der Waals surface area contributed by atoms with Crippen LogP contribution in [0, 0.1) is 6.92 Å². The van der Waals surface area contributed by atoms with Gasteiger partial charge in [0.2, 0.25) is 0 Å². The Hall–Kier alpha value is -1.87. The molecule has 2 aromatic heterocycles. The molecular formula is C17H11BrCl2N2O4S. The summed E-state index contributed by atoms with van der Waals surface area (Å²) < 4.78 is 28.2. The van der Waals surface area contributed by atoms with E-state index in [4.69, 9.17) is 23.2 Å². The number of halogens is 3. The van der Waals surface area contributed by atoms with Crippen molar-refractivity contribution < 1.29 is 18.0 Å². The number of benzene rings is 1. The molecule has 10 heteroatoms. The molecule has 0 atom stereocenters. The molecule has 6 nitrogen and oxygen atoms in total. The Morgan fingerprint density at radius 1 is 1.00 bits per heavy atom. The topological polar surface area (TPSA) is 78.1 Å². The van der Waals surface area contributed by atoms with Crippen LogP contribution >= 0.6 is 39.1 Å². The van der Waals surface area contributed by atoms with Crippen molar-refractivity contribution in [2.24, 2.45) is 0 Å². The second-order valence-electron chi connectivity index (χ2n) is 5.58. The molecule has 0 amide bonds. The van der Waals surface area contributed by atoms with Crippen LogP contribution in [0.5, 0.6) is 0 Å². The van der Waals surface area contributed by atoms with E-state index < -0.39 is 10.0 Å². The molecule has 0 saturated carbocycles. The zero-order chi connectivity index (χ0) is 19.9. The van der Waals surface area contributed by atoms with Gasteiger partial charge in [0.15, 0.2) is 12.6 Å². The summed E-state index contributed by atoms with van der Waals surface area (Å²) in [6.45, 7) is 1.83. The maximum Gasteiger partial charge on any atom is 0.268 e. The summed E-state index contributed by atoms with van der Waals surface area (Å²) in [7, 11) is -4.03. The van der Waals surface area contributed by atoms with Gasteiger partial charge in [-0.25, -0.2) is 12.4 Å². The standard InChI is InChI=1S/C17H11BrCl2N2O4S/c1-10-2-4-11(5-3-10)27(25,26)21-7-6-12(13(21)8-23)22-14(9-24)15(18)16(19)17(22)20/h2-9H,1H3. The number of aldehydes is 2. The van der Waals surface area contributed by atoms with E-state index in [1.807, 2.05) is 6.92 Å². The van der Waals surface area contributed by atoms with E-state index in [0.29, 0.717) is 12.6 Å². The Bertz CT molecular complexity index is 1160. The number of aromatic nitrogens is 2. The minimum absolute atomic E-state index is 0.0202. The van der Waals surface area contributed by atoms with Crippen molar-refractivity contribution in [1.82, 2.24) is 8.54 Å². The fourth-order valence-electron chi connectivity index (χ4n) is 2.60. The first-order valence-corrected chi connectivity index (χ1v) is 10.4. The minimum atomic E-state index is -4.03. The van der Waals surface area contributed by atoms with Crippen LogP contribution in [-0.4, -0.2) is 29.5 Å². The lowest BCUT2D eigenvalue weighted by atomic mass is 10.2. The van der Waals surface area contributed by atoms with E-state index in [9.17, 15) is 18.0 Å². The second-order valence-corrected chi connectivity index (χ2v) is 8.92. The van der Waals surface area contributed by atoms with E-state index in [2.05, 4.69) is 15.9 Å². The lowest BCUT2D eigenvalue weighted by Crippen LogP contribution is -2.16. The number of aryl methyl sites for hydroxylation is 1. The van der Waals surface area contributed by atoms with Gasteiger partial charge in [-0.15, -0.1) is 0 Å². The normalized spacial score (nSPS) is 11.6. The van der Waals surface area contributed by atoms with E-state index in [1.54, 1.807) is 12.1 Å². The van der Waals surface area contributed by atoms with E-state index in [-0.39, 0.29) is 36.6 Å². The van der Waals surface area contributed by atoms with Crippen LogP contribution in [0.25, 0.3) is 5.69 Å². The average molecular weight is 490 g/mol. The monoisotopic (exact) mass is 488 g/mol. The molecule has 0 radical (unpaired) electrons. The number of hydrogen-bond donors (Lipinski definition) is 0. The Kier molecular flexibility index (Phi) is 5.36. The molecule has 0 N–H and O–H groups in total. The Labute approximate surface area is 173 Å². The molecule has 140 valence electrons. The Balaban J connectivity index is 2.26. The van der Waals surface area contributed by atoms with Gasteiger partial charge in [-0.05, 0) is 41.1 Å². The van der Waals surface area contributed by atoms with Crippen molar-refractivity contribution in [1.29, 1.82) is 0 Å². The van der Waals surface area contributed by atoms with Crippen LogP contribution in [-0.2, 0) is 10.0 Å². The highest BCUT2D eigenvalue weighted by atomic mass is 79.9. The molecule has 2 heterocycles. The summed E-state index contributed by atoms with van der Waals surface area (Å²) >= 11 is 15.4. The highest BCUT2D eigenvalue weighted by Crippen LogP contribution is 2.38. The summed E-state index contributed by atoms with van der Waals surface area (Å²) in [6.07, 6.45) is 2.11. The zero-order valence-electron chi connectivity index (χ0n) is 13.7. The molecule has 0 saturated heterocycles.